The molecule has 0 radical (unpaired) electrons. The number of phenols is 1. The molecule has 10 nitrogen and oxygen atoms in total. The van der Waals surface area contributed by atoms with Gasteiger partial charge in [0, 0.05) is 6.54 Å². The number of aliphatic carboxylic acids is 2. The highest BCUT2D eigenvalue weighted by atomic mass is 16.4. The molecule has 0 fully saturated rings. The van der Waals surface area contributed by atoms with Crippen LogP contribution in [-0.4, -0.2) is 52.3 Å². The van der Waals surface area contributed by atoms with E-state index in [1.165, 1.54) is 17.7 Å². The highest BCUT2D eigenvalue weighted by Crippen LogP contribution is 2.09. The summed E-state index contributed by atoms with van der Waals surface area (Å²) >= 11 is 0. The van der Waals surface area contributed by atoms with Gasteiger partial charge >= 0.3 is 11.9 Å². The second kappa shape index (κ2) is 17.1. The quantitative estimate of drug-likeness (QED) is 0.155. The van der Waals surface area contributed by atoms with Gasteiger partial charge in [0.25, 0.3) is 0 Å². The number of carbonyl (C=O) groups is 2. The van der Waals surface area contributed by atoms with Gasteiger partial charge in [-0.1, -0.05) is 42.5 Å². The third kappa shape index (κ3) is 16.2. The smallest absolute Gasteiger partial charge is 0.320 e. The van der Waals surface area contributed by atoms with Gasteiger partial charge in [-0.3, -0.25) is 15.0 Å². The molecular weight excluding hydrogens is 414 g/mol. The fourth-order valence-corrected chi connectivity index (χ4v) is 2.27. The summed E-state index contributed by atoms with van der Waals surface area (Å²) in [6.07, 6.45) is 1.96. The molecule has 10 heteroatoms. The first kappa shape index (κ1) is 28.4. The predicted molar refractivity (Wildman–Crippen MR) is 123 cm³/mol. The second-order valence-corrected chi connectivity index (χ2v) is 6.69. The van der Waals surface area contributed by atoms with Crippen molar-refractivity contribution in [2.45, 2.75) is 31.7 Å². The van der Waals surface area contributed by atoms with E-state index >= 15 is 0 Å². The SMILES string of the molecule is N=C(N)NCCC[C@@H](N)C(=O)O.NCCc1ccccc1.O=C(O)Cc1ccc(O)cc1. The predicted octanol–water partition coefficient (Wildman–Crippen LogP) is 0.869. The number of rotatable bonds is 9. The summed E-state index contributed by atoms with van der Waals surface area (Å²) in [5.74, 6) is -1.83. The van der Waals surface area contributed by atoms with Crippen LogP contribution in [0.4, 0.5) is 0 Å². The molecule has 0 saturated heterocycles. The van der Waals surface area contributed by atoms with Crippen LogP contribution in [0.25, 0.3) is 0 Å². The number of nitrogens with one attached hydrogen (secondary N) is 2. The fourth-order valence-electron chi connectivity index (χ4n) is 2.27. The highest BCUT2D eigenvalue weighted by molar-refractivity contribution is 5.74. The monoisotopic (exact) mass is 447 g/mol. The Labute approximate surface area is 187 Å². The topological polar surface area (TPSA) is 209 Å². The maximum atomic E-state index is 10.2. The van der Waals surface area contributed by atoms with Crippen LogP contribution in [0.15, 0.2) is 54.6 Å². The van der Waals surface area contributed by atoms with Crippen LogP contribution >= 0.6 is 0 Å². The normalized spacial score (nSPS) is 10.4. The van der Waals surface area contributed by atoms with Crippen LogP contribution in [0.2, 0.25) is 0 Å². The van der Waals surface area contributed by atoms with Gasteiger partial charge in [-0.2, -0.15) is 0 Å². The van der Waals surface area contributed by atoms with Crippen LogP contribution in [0, 0.1) is 5.41 Å². The van der Waals surface area contributed by atoms with Gasteiger partial charge in [0.1, 0.15) is 11.8 Å². The fraction of sp³-hybridized carbons (Fsp3) is 0.318. The number of phenolic OH excluding ortho intramolecular Hbond substituents is 1. The van der Waals surface area contributed by atoms with E-state index in [4.69, 9.17) is 37.9 Å². The second-order valence-electron chi connectivity index (χ2n) is 6.69. The Morgan fingerprint density at radius 3 is 2.06 bits per heavy atom. The molecule has 0 aliphatic heterocycles. The first-order chi connectivity index (χ1) is 15.1. The van der Waals surface area contributed by atoms with E-state index in [1.807, 2.05) is 18.2 Å². The van der Waals surface area contributed by atoms with E-state index in [0.29, 0.717) is 24.9 Å². The molecule has 2 aromatic carbocycles. The zero-order valence-corrected chi connectivity index (χ0v) is 17.9. The summed E-state index contributed by atoms with van der Waals surface area (Å²) in [5, 5.41) is 34.9. The summed E-state index contributed by atoms with van der Waals surface area (Å²) in [5.41, 5.74) is 17.6. The Hall–Kier alpha value is -3.63. The lowest BCUT2D eigenvalue weighted by atomic mass is 10.1. The zero-order chi connectivity index (χ0) is 24.4. The number of guanidine groups is 1. The van der Waals surface area contributed by atoms with Crippen molar-refractivity contribution in [3.63, 3.8) is 0 Å². The van der Waals surface area contributed by atoms with Crippen molar-refractivity contribution < 1.29 is 24.9 Å². The Balaban J connectivity index is 0.000000454. The molecule has 2 aromatic rings. The Morgan fingerprint density at radius 1 is 1.00 bits per heavy atom. The number of carboxylic acid groups (broad SMARTS) is 2. The minimum absolute atomic E-state index is 0.000278. The third-order valence-corrected chi connectivity index (χ3v) is 3.89. The number of aromatic hydroxyl groups is 1. The van der Waals surface area contributed by atoms with Gasteiger partial charge in [-0.15, -0.1) is 0 Å². The van der Waals surface area contributed by atoms with Crippen molar-refractivity contribution in [2.75, 3.05) is 13.1 Å². The molecule has 1 atom stereocenters. The number of hydrogen-bond acceptors (Lipinski definition) is 6. The lowest BCUT2D eigenvalue weighted by Gasteiger charge is -2.06. The molecular formula is C22H33N5O5. The van der Waals surface area contributed by atoms with Gasteiger partial charge in [0.15, 0.2) is 5.96 Å². The summed E-state index contributed by atoms with van der Waals surface area (Å²) in [6.45, 7) is 1.22. The van der Waals surface area contributed by atoms with E-state index in [1.54, 1.807) is 12.1 Å². The van der Waals surface area contributed by atoms with Crippen LogP contribution in [0.1, 0.15) is 24.0 Å². The van der Waals surface area contributed by atoms with Crippen molar-refractivity contribution in [3.05, 3.63) is 65.7 Å². The van der Waals surface area contributed by atoms with Crippen molar-refractivity contribution in [1.29, 1.82) is 5.41 Å². The molecule has 0 heterocycles. The van der Waals surface area contributed by atoms with Crippen molar-refractivity contribution in [2.24, 2.45) is 17.2 Å². The van der Waals surface area contributed by atoms with Gasteiger partial charge in [0.2, 0.25) is 0 Å². The van der Waals surface area contributed by atoms with Gasteiger partial charge < -0.3 is 37.8 Å². The molecule has 0 aromatic heterocycles. The van der Waals surface area contributed by atoms with E-state index in [0.717, 1.165) is 13.0 Å². The van der Waals surface area contributed by atoms with Crippen LogP contribution < -0.4 is 22.5 Å². The molecule has 0 unspecified atom stereocenters. The number of benzene rings is 2. The largest absolute Gasteiger partial charge is 0.508 e. The molecule has 0 spiro atoms. The first-order valence-corrected chi connectivity index (χ1v) is 9.95. The summed E-state index contributed by atoms with van der Waals surface area (Å²) in [4.78, 5) is 20.4. The standard InChI is InChI=1S/C8H11N.C8H8O3.C6H14N4O2/c9-7-6-8-4-2-1-3-5-8;9-7-3-1-6(2-4-7)5-8(10)11;7-4(5(11)12)2-1-3-10-6(8)9/h1-5H,6-7,9H2;1-4,9H,5H2,(H,10,11);4H,1-3,7H2,(H,11,12)(H4,8,9,10)/t;;4-/m..1/s1. The summed E-state index contributed by atoms with van der Waals surface area (Å²) in [7, 11) is 0. The Bertz CT molecular complexity index is 800. The van der Waals surface area contributed by atoms with Crippen LogP contribution in [0.5, 0.6) is 5.75 Å². The molecule has 0 aliphatic carbocycles. The van der Waals surface area contributed by atoms with Crippen molar-refractivity contribution >= 4 is 17.9 Å². The molecule has 32 heavy (non-hydrogen) atoms. The first-order valence-electron chi connectivity index (χ1n) is 9.95. The van der Waals surface area contributed by atoms with E-state index in [-0.39, 0.29) is 18.1 Å². The average molecular weight is 448 g/mol. The number of nitrogens with two attached hydrogens (primary N) is 3. The maximum absolute atomic E-state index is 10.2. The minimum Gasteiger partial charge on any atom is -0.508 e. The molecule has 11 N–H and O–H groups in total. The number of hydrogen-bond donors (Lipinski definition) is 8. The van der Waals surface area contributed by atoms with Gasteiger partial charge in [-0.25, -0.2) is 0 Å². The van der Waals surface area contributed by atoms with Gasteiger partial charge in [-0.05, 0) is 49.1 Å². The van der Waals surface area contributed by atoms with E-state index in [9.17, 15) is 9.59 Å². The Kier molecular flexibility index (Phi) is 15.2. The average Bonchev–Trinajstić information content (AvgIpc) is 2.74. The summed E-state index contributed by atoms with van der Waals surface area (Å²) in [6, 6.07) is 15.6. The molecule has 0 aliphatic rings. The zero-order valence-electron chi connectivity index (χ0n) is 17.9. The van der Waals surface area contributed by atoms with Crippen molar-refractivity contribution in [1.82, 2.24) is 5.32 Å². The molecule has 2 rings (SSSR count). The van der Waals surface area contributed by atoms with E-state index in [2.05, 4.69) is 17.4 Å². The van der Waals surface area contributed by atoms with Gasteiger partial charge in [0.05, 0.1) is 6.42 Å². The highest BCUT2D eigenvalue weighted by Gasteiger charge is 2.09. The number of carboxylic acids is 2. The van der Waals surface area contributed by atoms with Crippen LogP contribution in [0.3, 0.4) is 0 Å². The molecule has 0 saturated carbocycles. The maximum Gasteiger partial charge on any atom is 0.320 e. The molecule has 0 amide bonds. The lowest BCUT2D eigenvalue weighted by Crippen LogP contribution is -2.34. The minimum atomic E-state index is -1.00. The Morgan fingerprint density at radius 2 is 1.59 bits per heavy atom. The summed E-state index contributed by atoms with van der Waals surface area (Å²) < 4.78 is 0. The molecule has 0 bridgehead atoms. The van der Waals surface area contributed by atoms with Crippen molar-refractivity contribution in [3.8, 4) is 5.75 Å². The van der Waals surface area contributed by atoms with E-state index < -0.39 is 18.0 Å². The van der Waals surface area contributed by atoms with Crippen LogP contribution in [-0.2, 0) is 22.4 Å². The third-order valence-electron chi connectivity index (χ3n) is 3.89. The lowest BCUT2D eigenvalue weighted by molar-refractivity contribution is -0.139. The molecule has 176 valence electrons.